The van der Waals surface area contributed by atoms with Gasteiger partial charge in [0, 0.05) is 27.3 Å². The van der Waals surface area contributed by atoms with Crippen molar-refractivity contribution in [2.75, 3.05) is 0 Å². The molecule has 10 nitrogen and oxygen atoms in total. The average Bonchev–Trinajstić information content (AvgIpc) is 3.34. The monoisotopic (exact) mass is 489 g/mol. The molecule has 0 unspecified atom stereocenters. The molecule has 5 rings (SSSR count). The minimum Gasteiger partial charge on any atom is -0.454 e. The van der Waals surface area contributed by atoms with Gasteiger partial charge in [0.1, 0.15) is 11.1 Å². The number of hydrogen-bond acceptors (Lipinski definition) is 9. The van der Waals surface area contributed by atoms with E-state index in [-0.39, 0.29) is 28.4 Å². The molecular weight excluding hydrogens is 478 g/mol. The summed E-state index contributed by atoms with van der Waals surface area (Å²) < 4.78 is 10.3. The van der Waals surface area contributed by atoms with Crippen LogP contribution in [0.1, 0.15) is 48.0 Å². The maximum absolute atomic E-state index is 13.0. The number of hydrogen-bond donors (Lipinski definition) is 0. The Morgan fingerprint density at radius 3 is 2.34 bits per heavy atom. The van der Waals surface area contributed by atoms with Crippen LogP contribution in [0.3, 0.4) is 0 Å². The van der Waals surface area contributed by atoms with E-state index in [1.807, 2.05) is 0 Å². The number of ketones is 2. The van der Waals surface area contributed by atoms with E-state index >= 15 is 0 Å². The van der Waals surface area contributed by atoms with Crippen LogP contribution in [0.15, 0.2) is 65.2 Å². The molecular formula is C24H12ClN3O7. The molecule has 0 saturated heterocycles. The van der Waals surface area contributed by atoms with E-state index < -0.39 is 45.9 Å². The summed E-state index contributed by atoms with van der Waals surface area (Å²) in [6.45, 7) is -0.445. The second kappa shape index (κ2) is 8.58. The predicted octanol–water partition coefficient (Wildman–Crippen LogP) is 4.43. The molecule has 0 aliphatic heterocycles. The zero-order valence-electron chi connectivity index (χ0n) is 17.6. The molecule has 1 heterocycles. The van der Waals surface area contributed by atoms with Gasteiger partial charge in [-0.1, -0.05) is 41.0 Å². The predicted molar refractivity (Wildman–Crippen MR) is 120 cm³/mol. The van der Waals surface area contributed by atoms with E-state index in [0.717, 1.165) is 6.07 Å². The Balaban J connectivity index is 1.43. The van der Waals surface area contributed by atoms with Gasteiger partial charge in [-0.25, -0.2) is 4.79 Å². The largest absolute Gasteiger partial charge is 0.454 e. The molecule has 0 radical (unpaired) electrons. The Morgan fingerprint density at radius 1 is 0.971 bits per heavy atom. The van der Waals surface area contributed by atoms with E-state index in [0.29, 0.717) is 10.6 Å². The summed E-state index contributed by atoms with van der Waals surface area (Å²) in [5, 5.41) is 16.2. The average molecular weight is 490 g/mol. The number of halogens is 1. The molecule has 0 bridgehead atoms. The second-order valence-electron chi connectivity index (χ2n) is 7.44. The third kappa shape index (κ3) is 3.85. The van der Waals surface area contributed by atoms with Crippen LogP contribution in [0.4, 0.5) is 5.69 Å². The summed E-state index contributed by atoms with van der Waals surface area (Å²) in [6, 6.07) is 14.9. The van der Waals surface area contributed by atoms with Crippen molar-refractivity contribution < 1.29 is 28.6 Å². The van der Waals surface area contributed by atoms with Gasteiger partial charge in [0.15, 0.2) is 12.4 Å². The van der Waals surface area contributed by atoms with Gasteiger partial charge in [-0.3, -0.25) is 19.7 Å². The van der Waals surface area contributed by atoms with Crippen LogP contribution >= 0.6 is 11.6 Å². The lowest BCUT2D eigenvalue weighted by molar-refractivity contribution is -0.385. The fourth-order valence-corrected chi connectivity index (χ4v) is 3.88. The molecule has 1 aliphatic rings. The van der Waals surface area contributed by atoms with Crippen molar-refractivity contribution in [1.82, 2.24) is 10.1 Å². The molecule has 0 N–H and O–H groups in total. The van der Waals surface area contributed by atoms with Crippen molar-refractivity contribution >= 4 is 34.8 Å². The Morgan fingerprint density at radius 2 is 1.66 bits per heavy atom. The van der Waals surface area contributed by atoms with Crippen LogP contribution in [0, 0.1) is 10.1 Å². The van der Waals surface area contributed by atoms with Gasteiger partial charge in [0.25, 0.3) is 11.6 Å². The molecule has 4 aromatic rings. The number of carbonyl (C=O) groups is 3. The highest BCUT2D eigenvalue weighted by Gasteiger charge is 2.39. The molecule has 1 aliphatic carbocycles. The van der Waals surface area contributed by atoms with Gasteiger partial charge in [-0.05, 0) is 36.4 Å². The Kier molecular flexibility index (Phi) is 5.42. The Labute approximate surface area is 201 Å². The standard InChI is InChI=1S/C24H12ClN3O7/c25-13-7-5-12(6-8-13)23-26-18(27-35-23)11-34-24(31)17-10-9-16-19(20(17)28(32)33)22(30)15-4-2-1-3-14(15)21(16)29/h1-10H,11H2. The summed E-state index contributed by atoms with van der Waals surface area (Å²) in [7, 11) is 0. The number of esters is 1. The summed E-state index contributed by atoms with van der Waals surface area (Å²) in [6.07, 6.45) is 0. The molecule has 1 aromatic heterocycles. The Bertz CT molecular complexity index is 1540. The number of benzene rings is 3. The van der Waals surface area contributed by atoms with Crippen molar-refractivity contribution in [2.45, 2.75) is 6.61 Å². The topological polar surface area (TPSA) is 142 Å². The molecule has 0 saturated carbocycles. The molecule has 35 heavy (non-hydrogen) atoms. The van der Waals surface area contributed by atoms with Gasteiger partial charge < -0.3 is 9.26 Å². The zero-order valence-corrected chi connectivity index (χ0v) is 18.3. The van der Waals surface area contributed by atoms with Crippen molar-refractivity contribution in [2.24, 2.45) is 0 Å². The highest BCUT2D eigenvalue weighted by Crippen LogP contribution is 2.36. The van der Waals surface area contributed by atoms with Gasteiger partial charge in [-0.15, -0.1) is 0 Å². The number of fused-ring (bicyclic) bond motifs is 2. The number of nitro benzene ring substituents is 1. The van der Waals surface area contributed by atoms with Crippen molar-refractivity contribution in [3.8, 4) is 11.5 Å². The summed E-state index contributed by atoms with van der Waals surface area (Å²) >= 11 is 5.86. The van der Waals surface area contributed by atoms with E-state index in [1.54, 1.807) is 36.4 Å². The lowest BCUT2D eigenvalue weighted by atomic mass is 9.82. The van der Waals surface area contributed by atoms with E-state index in [4.69, 9.17) is 20.9 Å². The van der Waals surface area contributed by atoms with E-state index in [1.165, 1.54) is 18.2 Å². The first-order valence-corrected chi connectivity index (χ1v) is 10.5. The number of ether oxygens (including phenoxy) is 1. The Hall–Kier alpha value is -4.70. The van der Waals surface area contributed by atoms with Gasteiger partial charge in [0.2, 0.25) is 11.6 Å². The smallest absolute Gasteiger partial charge is 0.345 e. The van der Waals surface area contributed by atoms with Gasteiger partial charge in [-0.2, -0.15) is 4.98 Å². The maximum Gasteiger partial charge on any atom is 0.345 e. The highest BCUT2D eigenvalue weighted by atomic mass is 35.5. The molecule has 0 spiro atoms. The maximum atomic E-state index is 13.0. The summed E-state index contributed by atoms with van der Waals surface area (Å²) in [4.78, 5) is 53.8. The number of nitrogens with zero attached hydrogens (tertiary/aromatic N) is 3. The first kappa shape index (κ1) is 22.1. The summed E-state index contributed by atoms with van der Waals surface area (Å²) in [5.74, 6) is -2.17. The zero-order chi connectivity index (χ0) is 24.7. The first-order chi connectivity index (χ1) is 16.8. The number of nitro groups is 1. The van der Waals surface area contributed by atoms with Crippen LogP contribution in [-0.4, -0.2) is 32.6 Å². The fourth-order valence-electron chi connectivity index (χ4n) is 3.75. The van der Waals surface area contributed by atoms with Gasteiger partial charge >= 0.3 is 5.97 Å². The van der Waals surface area contributed by atoms with Crippen LogP contribution in [-0.2, 0) is 11.3 Å². The second-order valence-corrected chi connectivity index (χ2v) is 7.88. The number of carbonyl (C=O) groups excluding carboxylic acids is 3. The third-order valence-corrected chi connectivity index (χ3v) is 5.61. The van der Waals surface area contributed by atoms with Crippen LogP contribution in [0.5, 0.6) is 0 Å². The molecule has 11 heteroatoms. The normalized spacial score (nSPS) is 12.1. The SMILES string of the molecule is O=C1c2ccccc2C(=O)c2c1ccc(C(=O)OCc1noc(-c3ccc(Cl)cc3)n1)c2[N+](=O)[O-]. The highest BCUT2D eigenvalue weighted by molar-refractivity contribution is 6.31. The quantitative estimate of drug-likeness (QED) is 0.199. The lowest BCUT2D eigenvalue weighted by Crippen LogP contribution is -2.23. The van der Waals surface area contributed by atoms with Crippen molar-refractivity contribution in [1.29, 1.82) is 0 Å². The van der Waals surface area contributed by atoms with Crippen molar-refractivity contribution in [3.63, 3.8) is 0 Å². The van der Waals surface area contributed by atoms with Crippen molar-refractivity contribution in [3.05, 3.63) is 109 Å². The van der Waals surface area contributed by atoms with E-state index in [2.05, 4.69) is 10.1 Å². The van der Waals surface area contributed by atoms with Crippen LogP contribution in [0.25, 0.3) is 11.5 Å². The third-order valence-electron chi connectivity index (χ3n) is 5.36. The van der Waals surface area contributed by atoms with E-state index in [9.17, 15) is 24.5 Å². The molecule has 0 amide bonds. The minimum atomic E-state index is -1.09. The van der Waals surface area contributed by atoms with Crippen LogP contribution < -0.4 is 0 Å². The number of aromatic nitrogens is 2. The fraction of sp³-hybridized carbons (Fsp3) is 0.0417. The first-order valence-electron chi connectivity index (χ1n) is 10.1. The molecule has 0 fully saturated rings. The summed E-state index contributed by atoms with van der Waals surface area (Å²) in [5.41, 5.74) is -1.11. The lowest BCUT2D eigenvalue weighted by Gasteiger charge is -2.18. The van der Waals surface area contributed by atoms with Gasteiger partial charge in [0.05, 0.1) is 4.92 Å². The van der Waals surface area contributed by atoms with Crippen LogP contribution in [0.2, 0.25) is 5.02 Å². The number of rotatable bonds is 5. The minimum absolute atomic E-state index is 0.0177. The molecule has 0 atom stereocenters. The molecule has 3 aromatic carbocycles. The molecule has 172 valence electrons.